The number of hydrogen-bond donors (Lipinski definition) is 1. The Morgan fingerprint density at radius 2 is 1.52 bits per heavy atom. The van der Waals surface area contributed by atoms with Crippen LogP contribution in [0.2, 0.25) is 0 Å². The maximum Gasteiger partial charge on any atom is 0.330 e. The molecule has 0 radical (unpaired) electrons. The Labute approximate surface area is 337 Å². The summed E-state index contributed by atoms with van der Waals surface area (Å²) in [5, 5.41) is 9.40. The fourth-order valence-corrected chi connectivity index (χ4v) is 10.6. The zero-order valence-corrected chi connectivity index (χ0v) is 34.5. The first-order valence-electron chi connectivity index (χ1n) is 19.3. The Hall–Kier alpha value is -4.48. The van der Waals surface area contributed by atoms with Crippen molar-refractivity contribution in [1.29, 1.82) is 5.26 Å². The molecule has 7 rings (SSSR count). The molecule has 1 aromatic heterocycles. The molecule has 1 aliphatic heterocycles. The Bertz CT molecular complexity index is 2200. The van der Waals surface area contributed by atoms with Crippen molar-refractivity contribution in [2.45, 2.75) is 107 Å². The normalized spacial score (nSPS) is 26.7. The molecule has 3 aliphatic rings. The van der Waals surface area contributed by atoms with Crippen molar-refractivity contribution in [3.05, 3.63) is 128 Å². The van der Waals surface area contributed by atoms with Gasteiger partial charge in [0.15, 0.2) is 12.4 Å². The number of fused-ring (bicyclic) bond motifs is 3. The number of methoxy groups -OCH3 is 2. The van der Waals surface area contributed by atoms with E-state index in [2.05, 4.69) is 11.1 Å². The third-order valence-electron chi connectivity index (χ3n) is 11.4. The van der Waals surface area contributed by atoms with Gasteiger partial charge in [-0.3, -0.25) is 14.3 Å². The number of aryl methyl sites for hydroxylation is 1. The summed E-state index contributed by atoms with van der Waals surface area (Å²) in [5.74, 6) is 1.18. The number of benzene rings is 3. The van der Waals surface area contributed by atoms with Crippen LogP contribution < -0.4 is 20.7 Å². The highest BCUT2D eigenvalue weighted by molar-refractivity contribution is 7.44. The fourth-order valence-electron chi connectivity index (χ4n) is 8.75. The number of nitrogens with one attached hydrogen (secondary N) is 1. The molecule has 1 saturated heterocycles. The molecule has 2 aliphatic carbocycles. The molecule has 4 aromatic rings. The molecule has 0 amide bonds. The van der Waals surface area contributed by atoms with Crippen molar-refractivity contribution in [1.82, 2.24) is 14.2 Å². The maximum absolute atomic E-state index is 18.1. The van der Waals surface area contributed by atoms with Gasteiger partial charge in [-0.05, 0) is 75.6 Å². The summed E-state index contributed by atoms with van der Waals surface area (Å²) >= 11 is 0. The highest BCUT2D eigenvalue weighted by atomic mass is 31.2. The smallest absolute Gasteiger partial charge is 0.330 e. The van der Waals surface area contributed by atoms with Crippen molar-refractivity contribution >= 4 is 8.53 Å². The van der Waals surface area contributed by atoms with Gasteiger partial charge >= 0.3 is 5.69 Å². The van der Waals surface area contributed by atoms with Gasteiger partial charge < -0.3 is 28.0 Å². The van der Waals surface area contributed by atoms with E-state index in [1.165, 1.54) is 13.1 Å². The van der Waals surface area contributed by atoms with Crippen molar-refractivity contribution in [2.24, 2.45) is 0 Å². The number of aromatic amines is 1. The minimum Gasteiger partial charge on any atom is -0.497 e. The summed E-state index contributed by atoms with van der Waals surface area (Å²) in [4.78, 5) is 28.1. The second-order valence-electron chi connectivity index (χ2n) is 15.7. The molecule has 308 valence electrons. The number of nitriles is 1. The van der Waals surface area contributed by atoms with Crippen molar-refractivity contribution < 1.29 is 36.8 Å². The Kier molecular flexibility index (Phi) is 11.5. The zero-order chi connectivity index (χ0) is 41.6. The van der Waals surface area contributed by atoms with Gasteiger partial charge in [-0.2, -0.15) is 5.26 Å². The average Bonchev–Trinajstić information content (AvgIpc) is 3.59. The molecule has 2 saturated carbocycles. The number of halogens is 2. The lowest BCUT2D eigenvalue weighted by atomic mass is 9.79. The summed E-state index contributed by atoms with van der Waals surface area (Å²) in [6, 6.07) is 25.6. The third kappa shape index (κ3) is 6.85. The number of nitrogens with zero attached hydrogens (tertiary/aromatic N) is 3. The lowest BCUT2D eigenvalue weighted by molar-refractivity contribution is -0.167. The van der Waals surface area contributed by atoms with E-state index in [0.29, 0.717) is 28.2 Å². The quantitative estimate of drug-likeness (QED) is 0.0693. The lowest BCUT2D eigenvalue weighted by Gasteiger charge is -2.43. The molecule has 1 N–H and O–H groups in total. The molecule has 1 unspecified atom stereocenters. The maximum atomic E-state index is 18.1. The van der Waals surface area contributed by atoms with Crippen LogP contribution in [0.3, 0.4) is 0 Å². The molecule has 0 spiro atoms. The van der Waals surface area contributed by atoms with Crippen molar-refractivity contribution in [2.75, 3.05) is 20.8 Å². The van der Waals surface area contributed by atoms with Crippen molar-refractivity contribution in [3.8, 4) is 17.6 Å². The van der Waals surface area contributed by atoms with Crippen LogP contribution in [-0.4, -0.2) is 76.3 Å². The molecule has 58 heavy (non-hydrogen) atoms. The first kappa shape index (κ1) is 41.7. The minimum absolute atomic E-state index is 0.0207. The van der Waals surface area contributed by atoms with Crippen LogP contribution in [0.25, 0.3) is 0 Å². The van der Waals surface area contributed by atoms with Crippen LogP contribution in [0.4, 0.5) is 8.78 Å². The van der Waals surface area contributed by atoms with Crippen LogP contribution in [0.5, 0.6) is 11.5 Å². The fraction of sp³-hybridized carbons (Fsp3) is 0.465. The molecule has 15 heteroatoms. The van der Waals surface area contributed by atoms with Crippen LogP contribution in [0.1, 0.15) is 75.4 Å². The van der Waals surface area contributed by atoms with Crippen LogP contribution in [-0.2, 0) is 24.1 Å². The predicted molar refractivity (Wildman–Crippen MR) is 213 cm³/mol. The van der Waals surface area contributed by atoms with E-state index < -0.39 is 67.2 Å². The van der Waals surface area contributed by atoms with E-state index in [1.807, 2.05) is 87.0 Å². The highest BCUT2D eigenvalue weighted by Crippen LogP contribution is 2.76. The van der Waals surface area contributed by atoms with Gasteiger partial charge in [0.1, 0.15) is 40.1 Å². The molecule has 3 fully saturated rings. The average molecular weight is 819 g/mol. The molecule has 3 aromatic carbocycles. The van der Waals surface area contributed by atoms with Crippen molar-refractivity contribution in [3.63, 3.8) is 0 Å². The number of alkyl halides is 2. The van der Waals surface area contributed by atoms with Gasteiger partial charge in [-0.1, -0.05) is 54.6 Å². The third-order valence-corrected chi connectivity index (χ3v) is 13.6. The largest absolute Gasteiger partial charge is 0.497 e. The van der Waals surface area contributed by atoms with Crippen LogP contribution in [0.15, 0.2) is 94.6 Å². The number of hydrogen-bond acceptors (Lipinski definition) is 10. The number of H-pyrrole nitrogens is 1. The van der Waals surface area contributed by atoms with E-state index in [4.69, 9.17) is 28.0 Å². The van der Waals surface area contributed by atoms with E-state index >= 15 is 8.78 Å². The SMILES string of the molecule is COc1ccc(C(O[C@]23C[C@@]2(F)C[C@]2(OP(OCCC#N)N(C(C)C)C(C)C)[C@H](F)[C@H](n4cc(C)c(=O)[nH]c4=O)O[C@@H]23)(c2ccccc2)c2ccc(OC)cc2)cc1. The molecule has 12 nitrogen and oxygen atoms in total. The highest BCUT2D eigenvalue weighted by Gasteiger charge is 2.91. The molecule has 7 atom stereocenters. The first-order chi connectivity index (χ1) is 27.7. The summed E-state index contributed by atoms with van der Waals surface area (Å²) < 4.78 is 77.3. The Morgan fingerprint density at radius 1 is 0.948 bits per heavy atom. The monoisotopic (exact) mass is 818 g/mol. The van der Waals surface area contributed by atoms with Gasteiger partial charge in [0.05, 0.1) is 33.3 Å². The van der Waals surface area contributed by atoms with Gasteiger partial charge in [-0.25, -0.2) is 18.2 Å². The van der Waals surface area contributed by atoms with E-state index in [-0.39, 0.29) is 37.1 Å². The molecular formula is C43H49F2N4O8P. The summed E-state index contributed by atoms with van der Waals surface area (Å²) in [5.41, 5.74) is -7.10. The molecule has 0 bridgehead atoms. The number of rotatable bonds is 16. The Morgan fingerprint density at radius 3 is 2.05 bits per heavy atom. The van der Waals surface area contributed by atoms with Gasteiger partial charge in [0, 0.05) is 36.7 Å². The Balaban J connectivity index is 1.45. The van der Waals surface area contributed by atoms with E-state index in [9.17, 15) is 14.9 Å². The first-order valence-corrected chi connectivity index (χ1v) is 20.5. The summed E-state index contributed by atoms with van der Waals surface area (Å²) in [7, 11) is 0.973. The zero-order valence-electron chi connectivity index (χ0n) is 33.6. The van der Waals surface area contributed by atoms with Gasteiger partial charge in [-0.15, -0.1) is 0 Å². The predicted octanol–water partition coefficient (Wildman–Crippen LogP) is 7.39. The van der Waals surface area contributed by atoms with Crippen LogP contribution >= 0.6 is 8.53 Å². The summed E-state index contributed by atoms with van der Waals surface area (Å²) in [6.07, 6.45) is -4.65. The summed E-state index contributed by atoms with van der Waals surface area (Å²) in [6.45, 7) is 9.23. The van der Waals surface area contributed by atoms with E-state index in [1.54, 1.807) is 38.5 Å². The van der Waals surface area contributed by atoms with Crippen LogP contribution in [0, 0.1) is 18.3 Å². The van der Waals surface area contributed by atoms with Gasteiger partial charge in [0.25, 0.3) is 14.1 Å². The molecular weight excluding hydrogens is 769 g/mol. The number of aromatic nitrogens is 2. The molecule has 2 heterocycles. The standard InChI is InChI=1S/C43H49F2N4O8P/c1-27(2)49(28(3)4)58(54-23-11-22-46)57-41-25-40(45)26-42(40,38(41)55-37(35(41)44)48-24-29(5)36(50)47-39(48)51)56-43(30-12-9-8-10-13-30,31-14-18-33(52-6)19-15-31)32-16-20-34(53-7)21-17-32/h8-10,12-21,24,27-28,35,37-38H,11,23,25-26H2,1-7H3,(H,47,50,51)/t35-,37-,38+,40+,41+,42+,58?/m1/s1. The van der Waals surface area contributed by atoms with E-state index in [0.717, 1.165) is 4.57 Å². The topological polar surface area (TPSA) is 137 Å². The second kappa shape index (κ2) is 15.9. The second-order valence-corrected chi connectivity index (χ2v) is 17.1. The minimum atomic E-state index is -2.17. The number of ether oxygens (including phenoxy) is 4. The van der Waals surface area contributed by atoms with Gasteiger partial charge in [0.2, 0.25) is 0 Å². The lowest BCUT2D eigenvalue weighted by Crippen LogP contribution is -2.53.